The third-order valence-electron chi connectivity index (χ3n) is 3.25. The Morgan fingerprint density at radius 2 is 2.15 bits per heavy atom. The van der Waals surface area contributed by atoms with Crippen molar-refractivity contribution in [2.75, 3.05) is 6.54 Å². The Kier molecular flexibility index (Phi) is 4.90. The molecular formula is C16H22FN3. The number of imidazole rings is 1. The Balaban J connectivity index is 1.96. The number of nitrogens with zero attached hydrogens (tertiary/aromatic N) is 1. The number of hydrogen-bond acceptors (Lipinski definition) is 2. The van der Waals surface area contributed by atoms with Crippen LogP contribution in [0.25, 0.3) is 11.3 Å². The van der Waals surface area contributed by atoms with Crippen molar-refractivity contribution < 1.29 is 4.39 Å². The highest BCUT2D eigenvalue weighted by atomic mass is 19.1. The Labute approximate surface area is 119 Å². The summed E-state index contributed by atoms with van der Waals surface area (Å²) in [5, 5.41) is 3.38. The van der Waals surface area contributed by atoms with E-state index < -0.39 is 0 Å². The first-order chi connectivity index (χ1) is 9.56. The largest absolute Gasteiger partial charge is 0.342 e. The first-order valence-corrected chi connectivity index (χ1v) is 7.10. The third-order valence-corrected chi connectivity index (χ3v) is 3.25. The Bertz CT molecular complexity index is 561. The zero-order valence-electron chi connectivity index (χ0n) is 12.3. The number of aryl methyl sites for hydroxylation is 2. The summed E-state index contributed by atoms with van der Waals surface area (Å²) in [6.07, 6.45) is 3.71. The maximum absolute atomic E-state index is 13.6. The van der Waals surface area contributed by atoms with E-state index in [0.29, 0.717) is 11.6 Å². The summed E-state index contributed by atoms with van der Waals surface area (Å²) in [5.41, 5.74) is 2.37. The van der Waals surface area contributed by atoms with Crippen LogP contribution in [0.4, 0.5) is 4.39 Å². The standard InChI is InChI=1S/C16H22FN3/c1-11(2)18-8-4-5-16-19-10-15(20-16)13-7-6-12(3)14(17)9-13/h6-7,9-11,18H,4-5,8H2,1-3H3,(H,19,20). The summed E-state index contributed by atoms with van der Waals surface area (Å²) >= 11 is 0. The van der Waals surface area contributed by atoms with Crippen molar-refractivity contribution in [1.82, 2.24) is 15.3 Å². The van der Waals surface area contributed by atoms with Crippen LogP contribution in [0.3, 0.4) is 0 Å². The number of rotatable bonds is 6. The van der Waals surface area contributed by atoms with Crippen molar-refractivity contribution >= 4 is 0 Å². The van der Waals surface area contributed by atoms with E-state index in [0.717, 1.165) is 36.5 Å². The quantitative estimate of drug-likeness (QED) is 0.793. The zero-order chi connectivity index (χ0) is 14.5. The monoisotopic (exact) mass is 275 g/mol. The normalized spacial score (nSPS) is 11.2. The van der Waals surface area contributed by atoms with Gasteiger partial charge in [0.2, 0.25) is 0 Å². The van der Waals surface area contributed by atoms with E-state index in [9.17, 15) is 4.39 Å². The molecule has 0 unspecified atom stereocenters. The second-order valence-electron chi connectivity index (χ2n) is 5.42. The van der Waals surface area contributed by atoms with Gasteiger partial charge in [0.1, 0.15) is 11.6 Å². The van der Waals surface area contributed by atoms with Gasteiger partial charge in [-0.1, -0.05) is 26.0 Å². The second kappa shape index (κ2) is 6.66. The molecule has 0 saturated heterocycles. The van der Waals surface area contributed by atoms with Gasteiger partial charge in [-0.2, -0.15) is 0 Å². The van der Waals surface area contributed by atoms with Gasteiger partial charge < -0.3 is 10.3 Å². The molecule has 108 valence electrons. The van der Waals surface area contributed by atoms with Crippen LogP contribution in [0, 0.1) is 12.7 Å². The van der Waals surface area contributed by atoms with E-state index in [2.05, 4.69) is 29.1 Å². The lowest BCUT2D eigenvalue weighted by atomic mass is 10.1. The topological polar surface area (TPSA) is 40.7 Å². The van der Waals surface area contributed by atoms with Crippen molar-refractivity contribution in [2.24, 2.45) is 0 Å². The maximum atomic E-state index is 13.6. The molecule has 0 atom stereocenters. The smallest absolute Gasteiger partial charge is 0.126 e. The molecule has 2 N–H and O–H groups in total. The Morgan fingerprint density at radius 3 is 2.85 bits per heavy atom. The third kappa shape index (κ3) is 3.90. The van der Waals surface area contributed by atoms with Gasteiger partial charge in [0.25, 0.3) is 0 Å². The van der Waals surface area contributed by atoms with Crippen molar-refractivity contribution in [2.45, 2.75) is 39.7 Å². The molecule has 20 heavy (non-hydrogen) atoms. The van der Waals surface area contributed by atoms with E-state index in [-0.39, 0.29) is 5.82 Å². The SMILES string of the molecule is Cc1ccc(-c2cnc(CCCNC(C)C)[nH]2)cc1F. The maximum Gasteiger partial charge on any atom is 0.126 e. The van der Waals surface area contributed by atoms with Crippen molar-refractivity contribution in [3.8, 4) is 11.3 Å². The van der Waals surface area contributed by atoms with Gasteiger partial charge in [0.15, 0.2) is 0 Å². The highest BCUT2D eigenvalue weighted by molar-refractivity contribution is 5.59. The Morgan fingerprint density at radius 1 is 1.35 bits per heavy atom. The number of aromatic amines is 1. The average Bonchev–Trinajstić information content (AvgIpc) is 2.86. The average molecular weight is 275 g/mol. The van der Waals surface area contributed by atoms with Crippen LogP contribution in [0.15, 0.2) is 24.4 Å². The van der Waals surface area contributed by atoms with Gasteiger partial charge in [-0.15, -0.1) is 0 Å². The van der Waals surface area contributed by atoms with Gasteiger partial charge in [-0.05, 0) is 31.5 Å². The summed E-state index contributed by atoms with van der Waals surface area (Å²) in [7, 11) is 0. The molecule has 0 aliphatic heterocycles. The molecule has 1 aromatic carbocycles. The van der Waals surface area contributed by atoms with E-state index in [4.69, 9.17) is 0 Å². The summed E-state index contributed by atoms with van der Waals surface area (Å²) in [6, 6.07) is 5.76. The molecule has 0 aliphatic carbocycles. The van der Waals surface area contributed by atoms with Gasteiger partial charge >= 0.3 is 0 Å². The molecule has 2 rings (SSSR count). The summed E-state index contributed by atoms with van der Waals surface area (Å²) in [4.78, 5) is 7.61. The van der Waals surface area contributed by atoms with E-state index in [1.165, 1.54) is 0 Å². The zero-order valence-corrected chi connectivity index (χ0v) is 12.3. The van der Waals surface area contributed by atoms with Crippen LogP contribution >= 0.6 is 0 Å². The fourth-order valence-corrected chi connectivity index (χ4v) is 2.04. The minimum atomic E-state index is -0.181. The molecule has 0 saturated carbocycles. The van der Waals surface area contributed by atoms with E-state index in [1.807, 2.05) is 6.07 Å². The lowest BCUT2D eigenvalue weighted by Crippen LogP contribution is -2.24. The molecule has 3 nitrogen and oxygen atoms in total. The van der Waals surface area contributed by atoms with Gasteiger partial charge in [0.05, 0.1) is 11.9 Å². The number of hydrogen-bond donors (Lipinski definition) is 2. The second-order valence-corrected chi connectivity index (χ2v) is 5.42. The first kappa shape index (κ1) is 14.7. The molecule has 1 heterocycles. The number of aromatic nitrogens is 2. The minimum absolute atomic E-state index is 0.181. The predicted octanol–water partition coefficient (Wildman–Crippen LogP) is 3.45. The molecule has 0 bridgehead atoms. The predicted molar refractivity (Wildman–Crippen MR) is 80.2 cm³/mol. The van der Waals surface area contributed by atoms with Crippen LogP contribution in [-0.2, 0) is 6.42 Å². The molecule has 4 heteroatoms. The minimum Gasteiger partial charge on any atom is -0.342 e. The molecule has 0 spiro atoms. The first-order valence-electron chi connectivity index (χ1n) is 7.10. The highest BCUT2D eigenvalue weighted by Crippen LogP contribution is 2.20. The van der Waals surface area contributed by atoms with Gasteiger partial charge in [-0.25, -0.2) is 9.37 Å². The highest BCUT2D eigenvalue weighted by Gasteiger charge is 2.06. The number of nitrogens with one attached hydrogen (secondary N) is 2. The number of H-pyrrole nitrogens is 1. The van der Waals surface area contributed by atoms with Crippen LogP contribution in [0.2, 0.25) is 0 Å². The summed E-state index contributed by atoms with van der Waals surface area (Å²) < 4.78 is 13.6. The molecule has 0 fully saturated rings. The van der Waals surface area contributed by atoms with Crippen molar-refractivity contribution in [3.63, 3.8) is 0 Å². The van der Waals surface area contributed by atoms with Gasteiger partial charge in [0, 0.05) is 18.0 Å². The number of halogens is 1. The van der Waals surface area contributed by atoms with E-state index >= 15 is 0 Å². The molecular weight excluding hydrogens is 253 g/mol. The summed E-state index contributed by atoms with van der Waals surface area (Å²) in [5.74, 6) is 0.770. The molecule has 0 aliphatic rings. The lowest BCUT2D eigenvalue weighted by molar-refractivity contribution is 0.567. The van der Waals surface area contributed by atoms with E-state index in [1.54, 1.807) is 25.3 Å². The lowest BCUT2D eigenvalue weighted by Gasteiger charge is -2.06. The van der Waals surface area contributed by atoms with Crippen LogP contribution in [0.5, 0.6) is 0 Å². The van der Waals surface area contributed by atoms with Crippen LogP contribution in [-0.4, -0.2) is 22.6 Å². The van der Waals surface area contributed by atoms with Crippen molar-refractivity contribution in [1.29, 1.82) is 0 Å². The summed E-state index contributed by atoms with van der Waals surface area (Å²) in [6.45, 7) is 7.01. The fourth-order valence-electron chi connectivity index (χ4n) is 2.04. The molecule has 0 radical (unpaired) electrons. The van der Waals surface area contributed by atoms with Crippen LogP contribution < -0.4 is 5.32 Å². The Hall–Kier alpha value is -1.68. The van der Waals surface area contributed by atoms with Gasteiger partial charge in [-0.3, -0.25) is 0 Å². The van der Waals surface area contributed by atoms with Crippen molar-refractivity contribution in [3.05, 3.63) is 41.6 Å². The fraction of sp³-hybridized carbons (Fsp3) is 0.438. The molecule has 1 aromatic heterocycles. The van der Waals surface area contributed by atoms with Crippen LogP contribution in [0.1, 0.15) is 31.7 Å². The molecule has 2 aromatic rings. The number of benzene rings is 1. The molecule has 0 amide bonds.